The summed E-state index contributed by atoms with van der Waals surface area (Å²) in [5.41, 5.74) is 1.22. The number of carbonyl (C=O) groups is 1. The van der Waals surface area contributed by atoms with Crippen LogP contribution in [-0.4, -0.2) is 40.8 Å². The van der Waals surface area contributed by atoms with Gasteiger partial charge in [-0.05, 0) is 85.6 Å². The highest BCUT2D eigenvalue weighted by atomic mass is 19.1. The Morgan fingerprint density at radius 1 is 0.919 bits per heavy atom. The maximum atomic E-state index is 13.5. The number of carbonyl (C=O) groups excluding carboxylic acids is 1. The van der Waals surface area contributed by atoms with Gasteiger partial charge in [-0.1, -0.05) is 0 Å². The molecular formula is C28H25FN4O4. The molecule has 0 bridgehead atoms. The molecule has 0 spiro atoms. The van der Waals surface area contributed by atoms with E-state index in [1.165, 1.54) is 30.5 Å². The van der Waals surface area contributed by atoms with E-state index >= 15 is 0 Å². The number of nitrogens with one attached hydrogen (secondary N) is 1. The number of ether oxygens (including phenoxy) is 2. The molecule has 1 aliphatic heterocycles. The third-order valence-corrected chi connectivity index (χ3v) is 6.10. The lowest BCUT2D eigenvalue weighted by Gasteiger charge is -2.16. The van der Waals surface area contributed by atoms with Crippen molar-refractivity contribution in [1.82, 2.24) is 14.7 Å². The van der Waals surface area contributed by atoms with Crippen LogP contribution in [0, 0.1) is 5.82 Å². The van der Waals surface area contributed by atoms with Crippen LogP contribution in [0.1, 0.15) is 23.2 Å². The first-order valence-corrected chi connectivity index (χ1v) is 11.9. The fraction of sp³-hybridized carbons (Fsp3) is 0.179. The molecule has 1 N–H and O–H groups in total. The zero-order valence-corrected chi connectivity index (χ0v) is 20.2. The zero-order valence-electron chi connectivity index (χ0n) is 20.2. The molecule has 0 aliphatic carbocycles. The molecular weight excluding hydrogens is 475 g/mol. The number of methoxy groups -OCH3 is 1. The zero-order chi connectivity index (χ0) is 25.8. The number of rotatable bonds is 7. The summed E-state index contributed by atoms with van der Waals surface area (Å²) in [4.78, 5) is 28.0. The second-order valence-corrected chi connectivity index (χ2v) is 8.56. The summed E-state index contributed by atoms with van der Waals surface area (Å²) in [6, 6.07) is 19.3. The van der Waals surface area contributed by atoms with Crippen molar-refractivity contribution in [3.05, 3.63) is 101 Å². The van der Waals surface area contributed by atoms with Crippen LogP contribution in [0.5, 0.6) is 17.2 Å². The summed E-state index contributed by atoms with van der Waals surface area (Å²) in [7, 11) is 1.57. The molecule has 1 aliphatic rings. The van der Waals surface area contributed by atoms with E-state index in [4.69, 9.17) is 9.47 Å². The molecule has 4 aromatic rings. The average Bonchev–Trinajstić information content (AvgIpc) is 3.47. The Bertz CT molecular complexity index is 1450. The summed E-state index contributed by atoms with van der Waals surface area (Å²) in [6.45, 7) is 1.54. The van der Waals surface area contributed by atoms with Crippen molar-refractivity contribution in [3.63, 3.8) is 0 Å². The molecule has 1 aromatic heterocycles. The average molecular weight is 501 g/mol. The van der Waals surface area contributed by atoms with Crippen molar-refractivity contribution >= 4 is 17.3 Å². The van der Waals surface area contributed by atoms with Gasteiger partial charge in [0, 0.05) is 24.3 Å². The quantitative estimate of drug-likeness (QED) is 0.378. The first-order valence-electron chi connectivity index (χ1n) is 11.9. The molecule has 3 aromatic carbocycles. The van der Waals surface area contributed by atoms with Crippen LogP contribution < -0.4 is 20.3 Å². The number of hydrogen-bond acceptors (Lipinski definition) is 6. The van der Waals surface area contributed by atoms with Gasteiger partial charge in [0.05, 0.1) is 19.0 Å². The fourth-order valence-corrected chi connectivity index (χ4v) is 4.11. The minimum atomic E-state index is -0.491. The number of halogens is 1. The molecule has 37 heavy (non-hydrogen) atoms. The van der Waals surface area contributed by atoms with Gasteiger partial charge in [-0.3, -0.25) is 9.59 Å². The standard InChI is InChI=1S/C28H25FN4O4/c1-36-23-12-14-24(15-13-23)37-25-18-30-33(22-10-6-20(29)7-11-22)28(35)26(25)31-21-8-4-19(5-9-21)27(34)32-16-2-3-17-32/h4-15,18,31H,2-3,16-17H2,1H3. The molecule has 1 amide bonds. The smallest absolute Gasteiger partial charge is 0.299 e. The Hall–Kier alpha value is -4.66. The summed E-state index contributed by atoms with van der Waals surface area (Å²) < 4.78 is 25.8. The maximum absolute atomic E-state index is 13.5. The molecule has 0 unspecified atom stereocenters. The number of hydrogen-bond donors (Lipinski definition) is 1. The number of nitrogens with zero attached hydrogens (tertiary/aromatic N) is 3. The fourth-order valence-electron chi connectivity index (χ4n) is 4.11. The lowest BCUT2D eigenvalue weighted by molar-refractivity contribution is 0.0793. The van der Waals surface area contributed by atoms with Crippen LogP contribution in [0.25, 0.3) is 5.69 Å². The Labute approximate surface area is 212 Å². The van der Waals surface area contributed by atoms with E-state index in [1.807, 2.05) is 4.90 Å². The van der Waals surface area contributed by atoms with Crippen molar-refractivity contribution in [2.24, 2.45) is 0 Å². The topological polar surface area (TPSA) is 85.7 Å². The van der Waals surface area contributed by atoms with Crippen LogP contribution in [0.4, 0.5) is 15.8 Å². The third kappa shape index (κ3) is 5.30. The van der Waals surface area contributed by atoms with Crippen molar-refractivity contribution in [2.75, 3.05) is 25.5 Å². The Morgan fingerprint density at radius 3 is 2.22 bits per heavy atom. The summed E-state index contributed by atoms with van der Waals surface area (Å²) in [6.07, 6.45) is 3.46. The molecule has 1 fully saturated rings. The van der Waals surface area contributed by atoms with Crippen molar-refractivity contribution in [3.8, 4) is 22.9 Å². The van der Waals surface area contributed by atoms with E-state index < -0.39 is 11.4 Å². The highest BCUT2D eigenvalue weighted by Crippen LogP contribution is 2.30. The van der Waals surface area contributed by atoms with E-state index in [9.17, 15) is 14.0 Å². The van der Waals surface area contributed by atoms with E-state index in [-0.39, 0.29) is 17.3 Å². The van der Waals surface area contributed by atoms with Gasteiger partial charge in [-0.15, -0.1) is 0 Å². The van der Waals surface area contributed by atoms with E-state index in [0.29, 0.717) is 28.4 Å². The molecule has 9 heteroatoms. The number of amides is 1. The van der Waals surface area contributed by atoms with Gasteiger partial charge in [0.15, 0.2) is 11.4 Å². The van der Waals surface area contributed by atoms with Crippen LogP contribution in [-0.2, 0) is 0 Å². The highest BCUT2D eigenvalue weighted by Gasteiger charge is 2.20. The molecule has 2 heterocycles. The van der Waals surface area contributed by atoms with Crippen LogP contribution in [0.15, 0.2) is 83.8 Å². The molecule has 0 atom stereocenters. The van der Waals surface area contributed by atoms with Gasteiger partial charge in [0.2, 0.25) is 0 Å². The highest BCUT2D eigenvalue weighted by molar-refractivity contribution is 5.94. The molecule has 8 nitrogen and oxygen atoms in total. The molecule has 188 valence electrons. The third-order valence-electron chi connectivity index (χ3n) is 6.10. The normalized spacial score (nSPS) is 12.9. The Balaban J connectivity index is 1.48. The molecule has 0 radical (unpaired) electrons. The lowest BCUT2D eigenvalue weighted by atomic mass is 10.2. The van der Waals surface area contributed by atoms with E-state index in [2.05, 4.69) is 10.4 Å². The summed E-state index contributed by atoms with van der Waals surface area (Å²) in [5, 5.41) is 7.35. The summed E-state index contributed by atoms with van der Waals surface area (Å²) in [5.74, 6) is 0.925. The van der Waals surface area contributed by atoms with Crippen LogP contribution in [0.3, 0.4) is 0 Å². The minimum absolute atomic E-state index is 0.00449. The van der Waals surface area contributed by atoms with Crippen molar-refractivity contribution in [1.29, 1.82) is 0 Å². The van der Waals surface area contributed by atoms with Gasteiger partial charge in [0.1, 0.15) is 17.3 Å². The Morgan fingerprint density at radius 2 is 1.57 bits per heavy atom. The van der Waals surface area contributed by atoms with E-state index in [0.717, 1.165) is 30.6 Å². The second kappa shape index (κ2) is 10.5. The van der Waals surface area contributed by atoms with Gasteiger partial charge in [-0.25, -0.2) is 4.39 Å². The van der Waals surface area contributed by atoms with Crippen molar-refractivity contribution in [2.45, 2.75) is 12.8 Å². The predicted molar refractivity (Wildman–Crippen MR) is 138 cm³/mol. The molecule has 1 saturated heterocycles. The monoisotopic (exact) mass is 500 g/mol. The second-order valence-electron chi connectivity index (χ2n) is 8.56. The molecule has 0 saturated carbocycles. The molecule has 5 rings (SSSR count). The first kappa shape index (κ1) is 24.1. The van der Waals surface area contributed by atoms with E-state index in [1.54, 1.807) is 55.6 Å². The van der Waals surface area contributed by atoms with Gasteiger partial charge in [-0.2, -0.15) is 9.78 Å². The largest absolute Gasteiger partial charge is 0.497 e. The first-order chi connectivity index (χ1) is 18.0. The predicted octanol–water partition coefficient (Wildman–Crippen LogP) is 5.15. The Kier molecular flexibility index (Phi) is 6.85. The minimum Gasteiger partial charge on any atom is -0.497 e. The van der Waals surface area contributed by atoms with Gasteiger partial charge >= 0.3 is 0 Å². The number of aromatic nitrogens is 2. The van der Waals surface area contributed by atoms with Crippen LogP contribution in [0.2, 0.25) is 0 Å². The number of likely N-dealkylation sites (tertiary alicyclic amines) is 1. The van der Waals surface area contributed by atoms with Gasteiger partial charge < -0.3 is 19.7 Å². The lowest BCUT2D eigenvalue weighted by Crippen LogP contribution is -2.27. The van der Waals surface area contributed by atoms with Crippen LogP contribution >= 0.6 is 0 Å². The SMILES string of the molecule is COc1ccc(Oc2cnn(-c3ccc(F)cc3)c(=O)c2Nc2ccc(C(=O)N3CCCC3)cc2)cc1. The van der Waals surface area contributed by atoms with Gasteiger partial charge in [0.25, 0.3) is 11.5 Å². The maximum Gasteiger partial charge on any atom is 0.299 e. The summed E-state index contributed by atoms with van der Waals surface area (Å²) >= 11 is 0. The van der Waals surface area contributed by atoms with Crippen molar-refractivity contribution < 1.29 is 18.7 Å². The number of anilines is 2. The number of benzene rings is 3.